The zero-order chi connectivity index (χ0) is 21.8. The molecule has 2 N–H and O–H groups in total. The summed E-state index contributed by atoms with van der Waals surface area (Å²) in [4.78, 5) is 8.55. The third-order valence-corrected chi connectivity index (χ3v) is 5.56. The Labute approximate surface area is 197 Å². The molecule has 1 saturated carbocycles. The number of hydrogen-bond acceptors (Lipinski definition) is 4. The fourth-order valence-electron chi connectivity index (χ4n) is 3.56. The normalized spacial score (nSPS) is 15.9. The number of rotatable bonds is 7. The number of benzene rings is 1. The smallest absolute Gasteiger partial charge is 0.356 e. The molecule has 1 aliphatic rings. The average Bonchev–Trinajstić information content (AvgIpc) is 3.14. The van der Waals surface area contributed by atoms with E-state index in [0.717, 1.165) is 30.9 Å². The van der Waals surface area contributed by atoms with Crippen LogP contribution in [-0.4, -0.2) is 36.2 Å². The lowest BCUT2D eigenvalue weighted by Gasteiger charge is -2.43. The Kier molecular flexibility index (Phi) is 8.73. The van der Waals surface area contributed by atoms with Gasteiger partial charge in [-0.3, -0.25) is 4.99 Å². The molecule has 0 atom stereocenters. The van der Waals surface area contributed by atoms with Gasteiger partial charge in [-0.25, -0.2) is 0 Å². The lowest BCUT2D eigenvalue weighted by atomic mass is 9.64. The van der Waals surface area contributed by atoms with E-state index in [1.807, 2.05) is 13.8 Å². The highest BCUT2D eigenvalue weighted by atomic mass is 127. The second-order valence-electron chi connectivity index (χ2n) is 8.02. The molecule has 0 saturated heterocycles. The van der Waals surface area contributed by atoms with E-state index in [-0.39, 0.29) is 35.3 Å². The van der Waals surface area contributed by atoms with Gasteiger partial charge in [-0.15, -0.1) is 24.0 Å². The molecule has 1 aromatic carbocycles. The summed E-state index contributed by atoms with van der Waals surface area (Å²) in [7, 11) is 1.66. The third-order valence-electron chi connectivity index (χ3n) is 5.56. The Morgan fingerprint density at radius 1 is 1.26 bits per heavy atom. The summed E-state index contributed by atoms with van der Waals surface area (Å²) < 4.78 is 44.6. The van der Waals surface area contributed by atoms with Crippen LogP contribution in [0.15, 0.2) is 33.8 Å². The highest BCUT2D eigenvalue weighted by molar-refractivity contribution is 14.0. The monoisotopic (exact) mass is 551 g/mol. The zero-order valence-electron chi connectivity index (χ0n) is 17.9. The molecule has 172 valence electrons. The van der Waals surface area contributed by atoms with E-state index in [2.05, 4.69) is 25.8 Å². The van der Waals surface area contributed by atoms with Crippen molar-refractivity contribution in [1.82, 2.24) is 20.8 Å². The molecular formula is C21H29F3IN5O. The first kappa shape index (κ1) is 25.4. The molecular weight excluding hydrogens is 522 g/mol. The molecule has 0 radical (unpaired) electrons. The van der Waals surface area contributed by atoms with Crippen molar-refractivity contribution in [2.75, 3.05) is 20.1 Å². The Hall–Kier alpha value is -1.85. The molecule has 3 rings (SSSR count). The SMILES string of the molecule is CN=C(NCCc1nc(C(C)C)no1)NCC1(c2cccc(C(F)(F)F)c2)CCC1.I. The van der Waals surface area contributed by atoms with Crippen molar-refractivity contribution in [3.05, 3.63) is 47.1 Å². The van der Waals surface area contributed by atoms with Crippen LogP contribution in [0, 0.1) is 0 Å². The van der Waals surface area contributed by atoms with E-state index in [1.165, 1.54) is 12.1 Å². The summed E-state index contributed by atoms with van der Waals surface area (Å²) in [6.45, 7) is 5.07. The van der Waals surface area contributed by atoms with E-state index < -0.39 is 11.7 Å². The van der Waals surface area contributed by atoms with Crippen LogP contribution in [0.3, 0.4) is 0 Å². The predicted octanol–water partition coefficient (Wildman–Crippen LogP) is 4.66. The highest BCUT2D eigenvalue weighted by Gasteiger charge is 2.40. The van der Waals surface area contributed by atoms with Gasteiger partial charge in [0.1, 0.15) is 0 Å². The summed E-state index contributed by atoms with van der Waals surface area (Å²) in [5, 5.41) is 10.4. The number of guanidine groups is 1. The van der Waals surface area contributed by atoms with Crippen LogP contribution in [0.2, 0.25) is 0 Å². The summed E-state index contributed by atoms with van der Waals surface area (Å²) in [6.07, 6.45) is -1.09. The molecule has 0 spiro atoms. The Bertz CT molecular complexity index is 878. The van der Waals surface area contributed by atoms with E-state index in [9.17, 15) is 13.2 Å². The van der Waals surface area contributed by atoms with Gasteiger partial charge in [-0.1, -0.05) is 43.6 Å². The minimum atomic E-state index is -4.34. The van der Waals surface area contributed by atoms with E-state index in [1.54, 1.807) is 13.1 Å². The van der Waals surface area contributed by atoms with Crippen LogP contribution in [0.25, 0.3) is 0 Å². The molecule has 31 heavy (non-hydrogen) atoms. The molecule has 1 aromatic heterocycles. The van der Waals surface area contributed by atoms with E-state index in [4.69, 9.17) is 4.52 Å². The maximum absolute atomic E-state index is 13.1. The van der Waals surface area contributed by atoms with Crippen molar-refractivity contribution >= 4 is 29.9 Å². The molecule has 6 nitrogen and oxygen atoms in total. The highest BCUT2D eigenvalue weighted by Crippen LogP contribution is 2.44. The van der Waals surface area contributed by atoms with Crippen LogP contribution in [0.5, 0.6) is 0 Å². The Morgan fingerprint density at radius 3 is 2.55 bits per heavy atom. The van der Waals surface area contributed by atoms with Crippen molar-refractivity contribution in [2.24, 2.45) is 4.99 Å². The Balaban J connectivity index is 0.00000341. The molecule has 10 heteroatoms. The first-order valence-electron chi connectivity index (χ1n) is 10.2. The van der Waals surface area contributed by atoms with Crippen molar-refractivity contribution in [2.45, 2.75) is 57.0 Å². The van der Waals surface area contributed by atoms with Gasteiger partial charge >= 0.3 is 6.18 Å². The molecule has 1 aliphatic carbocycles. The fourth-order valence-corrected chi connectivity index (χ4v) is 3.56. The van der Waals surface area contributed by atoms with E-state index in [0.29, 0.717) is 37.2 Å². The summed E-state index contributed by atoms with van der Waals surface area (Å²) >= 11 is 0. The van der Waals surface area contributed by atoms with Gasteiger partial charge in [0.2, 0.25) is 5.89 Å². The largest absolute Gasteiger partial charge is 0.416 e. The zero-order valence-corrected chi connectivity index (χ0v) is 20.3. The lowest BCUT2D eigenvalue weighted by Crippen LogP contribution is -2.49. The van der Waals surface area contributed by atoms with Gasteiger partial charge in [0, 0.05) is 37.9 Å². The van der Waals surface area contributed by atoms with Crippen LogP contribution in [0.1, 0.15) is 61.9 Å². The lowest BCUT2D eigenvalue weighted by molar-refractivity contribution is -0.137. The minimum Gasteiger partial charge on any atom is -0.356 e. The topological polar surface area (TPSA) is 75.3 Å². The number of nitrogens with one attached hydrogen (secondary N) is 2. The second kappa shape index (κ2) is 10.6. The number of nitrogens with zero attached hydrogens (tertiary/aromatic N) is 3. The first-order valence-corrected chi connectivity index (χ1v) is 10.2. The van der Waals surface area contributed by atoms with Crippen LogP contribution < -0.4 is 10.6 Å². The molecule has 0 bridgehead atoms. The predicted molar refractivity (Wildman–Crippen MR) is 124 cm³/mol. The van der Waals surface area contributed by atoms with Crippen LogP contribution in [0.4, 0.5) is 13.2 Å². The molecule has 0 unspecified atom stereocenters. The van der Waals surface area contributed by atoms with Gasteiger partial charge in [-0.2, -0.15) is 18.2 Å². The maximum atomic E-state index is 13.1. The van der Waals surface area contributed by atoms with Crippen LogP contribution >= 0.6 is 24.0 Å². The van der Waals surface area contributed by atoms with Gasteiger partial charge in [0.25, 0.3) is 0 Å². The summed E-state index contributed by atoms with van der Waals surface area (Å²) in [5.41, 5.74) is -0.190. The van der Waals surface area contributed by atoms with Crippen LogP contribution in [-0.2, 0) is 18.0 Å². The average molecular weight is 551 g/mol. The van der Waals surface area contributed by atoms with Gasteiger partial charge in [-0.05, 0) is 24.5 Å². The van der Waals surface area contributed by atoms with E-state index >= 15 is 0 Å². The van der Waals surface area contributed by atoms with Crippen molar-refractivity contribution in [3.63, 3.8) is 0 Å². The van der Waals surface area contributed by atoms with Gasteiger partial charge < -0.3 is 15.2 Å². The standard InChI is InChI=1S/C21H28F3N5O.HI/c1-14(2)18-28-17(30-29-18)8-11-26-19(25-3)27-13-20(9-5-10-20)15-6-4-7-16(12-15)21(22,23)24;/h4,6-7,12,14H,5,8-11,13H2,1-3H3,(H2,25,26,27);1H. The van der Waals surface area contributed by atoms with Gasteiger partial charge in [0.05, 0.1) is 5.56 Å². The number of hydrogen-bond donors (Lipinski definition) is 2. The Morgan fingerprint density at radius 2 is 2.00 bits per heavy atom. The fraction of sp³-hybridized carbons (Fsp3) is 0.571. The molecule has 1 fully saturated rings. The maximum Gasteiger partial charge on any atom is 0.416 e. The number of alkyl halides is 3. The van der Waals surface area contributed by atoms with Crippen molar-refractivity contribution in [1.29, 1.82) is 0 Å². The van der Waals surface area contributed by atoms with Crippen molar-refractivity contribution < 1.29 is 17.7 Å². The quantitative estimate of drug-likeness (QED) is 0.298. The summed E-state index contributed by atoms with van der Waals surface area (Å²) in [6, 6.07) is 5.67. The first-order chi connectivity index (χ1) is 14.2. The second-order valence-corrected chi connectivity index (χ2v) is 8.02. The minimum absolute atomic E-state index is 0. The number of aromatic nitrogens is 2. The number of aliphatic imine (C=N–C) groups is 1. The third kappa shape index (κ3) is 6.33. The molecule has 0 aliphatic heterocycles. The summed E-state index contributed by atoms with van der Waals surface area (Å²) in [5.74, 6) is 2.04. The van der Waals surface area contributed by atoms with Gasteiger partial charge in [0.15, 0.2) is 11.8 Å². The molecule has 1 heterocycles. The van der Waals surface area contributed by atoms with Crippen molar-refractivity contribution in [3.8, 4) is 0 Å². The number of halogens is 4. The molecule has 2 aromatic rings. The molecule has 0 amide bonds.